The first-order valence-electron chi connectivity index (χ1n) is 6.66. The third-order valence-electron chi connectivity index (χ3n) is 3.06. The Hall–Kier alpha value is -1.07. The summed E-state index contributed by atoms with van der Waals surface area (Å²) < 4.78 is 11.8. The van der Waals surface area contributed by atoms with Gasteiger partial charge in [0.2, 0.25) is 5.91 Å². The predicted octanol–water partition coefficient (Wildman–Crippen LogP) is 3.19. The van der Waals surface area contributed by atoms with E-state index in [9.17, 15) is 9.00 Å². The number of benzene rings is 1. The van der Waals surface area contributed by atoms with Gasteiger partial charge in [0, 0.05) is 33.2 Å². The maximum atomic E-state index is 11.8. The Morgan fingerprint density at radius 2 is 2.20 bits per heavy atom. The zero-order valence-electron chi connectivity index (χ0n) is 11.8. The second-order valence-electron chi connectivity index (χ2n) is 4.69. The van der Waals surface area contributed by atoms with Crippen molar-refractivity contribution in [2.24, 2.45) is 0 Å². The number of carbonyl (C=O) groups is 1. The zero-order chi connectivity index (χ0) is 15.1. The van der Waals surface area contributed by atoms with E-state index in [0.717, 1.165) is 6.42 Å². The van der Waals surface area contributed by atoms with Crippen LogP contribution < -0.4 is 11.1 Å². The van der Waals surface area contributed by atoms with Crippen LogP contribution in [0.5, 0.6) is 0 Å². The highest BCUT2D eigenvalue weighted by atomic mass is 35.5. The Kier molecular flexibility index (Phi) is 7.02. The molecule has 0 aliphatic rings. The second-order valence-corrected chi connectivity index (χ2v) is 7.10. The van der Waals surface area contributed by atoms with E-state index in [1.165, 1.54) is 0 Å². The van der Waals surface area contributed by atoms with Crippen molar-refractivity contribution in [1.29, 1.82) is 0 Å². The summed E-state index contributed by atoms with van der Waals surface area (Å²) in [6.07, 6.45) is 1.81. The molecule has 20 heavy (non-hydrogen) atoms. The number of hydrogen-bond acceptors (Lipinski definition) is 3. The standard InChI is InChI=1S/C14H21ClN2O2S/c1-3-10(2)20(19)8-4-5-14(18)17-13-9-11(15)6-7-12(13)16/h6-7,9-10H,3-5,8,16H2,1-2H3,(H,17,18). The molecule has 0 aliphatic heterocycles. The van der Waals surface area contributed by atoms with Gasteiger partial charge in [-0.2, -0.15) is 0 Å². The average molecular weight is 317 g/mol. The highest BCUT2D eigenvalue weighted by molar-refractivity contribution is 7.85. The fourth-order valence-corrected chi connectivity index (χ4v) is 2.99. The number of halogens is 1. The summed E-state index contributed by atoms with van der Waals surface area (Å²) in [4.78, 5) is 11.8. The number of amides is 1. The maximum absolute atomic E-state index is 11.8. The van der Waals surface area contributed by atoms with E-state index in [4.69, 9.17) is 17.3 Å². The van der Waals surface area contributed by atoms with Gasteiger partial charge >= 0.3 is 0 Å². The number of hydrogen-bond donors (Lipinski definition) is 2. The van der Waals surface area contributed by atoms with Gasteiger partial charge < -0.3 is 11.1 Å². The van der Waals surface area contributed by atoms with E-state index in [1.807, 2.05) is 13.8 Å². The Labute approximate surface area is 127 Å². The van der Waals surface area contributed by atoms with Crippen molar-refractivity contribution >= 4 is 39.7 Å². The summed E-state index contributed by atoms with van der Waals surface area (Å²) in [6.45, 7) is 3.97. The lowest BCUT2D eigenvalue weighted by atomic mass is 10.2. The van der Waals surface area contributed by atoms with Crippen molar-refractivity contribution in [3.8, 4) is 0 Å². The third-order valence-corrected chi connectivity index (χ3v) is 5.22. The molecule has 0 saturated heterocycles. The Bertz CT molecular complexity index is 494. The number of nitrogens with two attached hydrogens (primary N) is 1. The molecule has 0 bridgehead atoms. The van der Waals surface area contributed by atoms with Gasteiger partial charge in [-0.25, -0.2) is 0 Å². The molecular formula is C14H21ClN2O2S. The fraction of sp³-hybridized carbons (Fsp3) is 0.500. The molecule has 1 aromatic carbocycles. The van der Waals surface area contributed by atoms with Gasteiger partial charge in [0.05, 0.1) is 11.4 Å². The van der Waals surface area contributed by atoms with Crippen LogP contribution in [0.15, 0.2) is 18.2 Å². The first-order chi connectivity index (χ1) is 9.43. The van der Waals surface area contributed by atoms with Gasteiger partial charge in [0.25, 0.3) is 0 Å². The minimum Gasteiger partial charge on any atom is -0.397 e. The van der Waals surface area contributed by atoms with Crippen LogP contribution in [-0.2, 0) is 15.6 Å². The van der Waals surface area contributed by atoms with E-state index < -0.39 is 10.8 Å². The average Bonchev–Trinajstić information content (AvgIpc) is 2.41. The largest absolute Gasteiger partial charge is 0.397 e. The molecule has 1 amide bonds. The predicted molar refractivity (Wildman–Crippen MR) is 86.5 cm³/mol. The zero-order valence-corrected chi connectivity index (χ0v) is 13.4. The van der Waals surface area contributed by atoms with E-state index in [2.05, 4.69) is 5.32 Å². The van der Waals surface area contributed by atoms with Crippen LogP contribution in [0.1, 0.15) is 33.1 Å². The van der Waals surface area contributed by atoms with Crippen molar-refractivity contribution in [3.63, 3.8) is 0 Å². The van der Waals surface area contributed by atoms with Crippen LogP contribution in [0.25, 0.3) is 0 Å². The van der Waals surface area contributed by atoms with Crippen molar-refractivity contribution in [1.82, 2.24) is 0 Å². The van der Waals surface area contributed by atoms with E-state index in [-0.39, 0.29) is 11.2 Å². The maximum Gasteiger partial charge on any atom is 0.224 e. The number of nitrogen functional groups attached to an aromatic ring is 1. The molecule has 3 N–H and O–H groups in total. The van der Waals surface area contributed by atoms with Gasteiger partial charge in [-0.3, -0.25) is 9.00 Å². The molecular weight excluding hydrogens is 296 g/mol. The van der Waals surface area contributed by atoms with Crippen LogP contribution in [0, 0.1) is 0 Å². The molecule has 0 radical (unpaired) electrons. The van der Waals surface area contributed by atoms with Crippen LogP contribution in [0.4, 0.5) is 11.4 Å². The normalized spacial score (nSPS) is 13.8. The summed E-state index contributed by atoms with van der Waals surface area (Å²) in [6, 6.07) is 4.93. The Morgan fingerprint density at radius 3 is 2.85 bits per heavy atom. The Morgan fingerprint density at radius 1 is 1.50 bits per heavy atom. The molecule has 1 rings (SSSR count). The van der Waals surface area contributed by atoms with Crippen LogP contribution in [0.2, 0.25) is 5.02 Å². The number of nitrogens with one attached hydrogen (secondary N) is 1. The highest BCUT2D eigenvalue weighted by Gasteiger charge is 2.10. The van der Waals surface area contributed by atoms with Gasteiger partial charge in [0.1, 0.15) is 0 Å². The molecule has 0 aromatic heterocycles. The van der Waals surface area contributed by atoms with E-state index in [0.29, 0.717) is 35.0 Å². The highest BCUT2D eigenvalue weighted by Crippen LogP contribution is 2.23. The molecule has 0 fully saturated rings. The van der Waals surface area contributed by atoms with Crippen LogP contribution in [-0.4, -0.2) is 21.1 Å². The first kappa shape index (κ1) is 17.0. The molecule has 0 saturated carbocycles. The fourth-order valence-electron chi connectivity index (χ4n) is 1.61. The van der Waals surface area contributed by atoms with Crippen LogP contribution in [0.3, 0.4) is 0 Å². The lowest BCUT2D eigenvalue weighted by Gasteiger charge is -2.10. The van der Waals surface area contributed by atoms with Crippen molar-refractivity contribution in [2.75, 3.05) is 16.8 Å². The molecule has 4 nitrogen and oxygen atoms in total. The molecule has 112 valence electrons. The summed E-state index contributed by atoms with van der Waals surface area (Å²) >= 11 is 5.85. The van der Waals surface area contributed by atoms with Gasteiger partial charge in [-0.15, -0.1) is 0 Å². The van der Waals surface area contributed by atoms with E-state index in [1.54, 1.807) is 18.2 Å². The smallest absolute Gasteiger partial charge is 0.224 e. The minimum absolute atomic E-state index is 0.139. The molecule has 0 spiro atoms. The lowest BCUT2D eigenvalue weighted by molar-refractivity contribution is -0.116. The lowest BCUT2D eigenvalue weighted by Crippen LogP contribution is -2.16. The summed E-state index contributed by atoms with van der Waals surface area (Å²) in [5.74, 6) is 0.410. The Balaban J connectivity index is 2.41. The monoisotopic (exact) mass is 316 g/mol. The quantitative estimate of drug-likeness (QED) is 0.759. The molecule has 0 aliphatic carbocycles. The molecule has 2 unspecified atom stereocenters. The molecule has 6 heteroatoms. The SMILES string of the molecule is CCC(C)S(=O)CCCC(=O)Nc1cc(Cl)ccc1N. The molecule has 2 atom stereocenters. The van der Waals surface area contributed by atoms with Crippen LogP contribution >= 0.6 is 11.6 Å². The topological polar surface area (TPSA) is 72.2 Å². The minimum atomic E-state index is -0.862. The van der Waals surface area contributed by atoms with Crippen molar-refractivity contribution in [3.05, 3.63) is 23.2 Å². The summed E-state index contributed by atoms with van der Waals surface area (Å²) in [7, 11) is -0.862. The number of anilines is 2. The summed E-state index contributed by atoms with van der Waals surface area (Å²) in [5, 5.41) is 3.42. The van der Waals surface area contributed by atoms with Gasteiger partial charge in [-0.1, -0.05) is 25.4 Å². The van der Waals surface area contributed by atoms with E-state index >= 15 is 0 Å². The molecule has 0 heterocycles. The number of rotatable bonds is 7. The second kappa shape index (κ2) is 8.27. The summed E-state index contributed by atoms with van der Waals surface area (Å²) in [5.41, 5.74) is 6.75. The van der Waals surface area contributed by atoms with Gasteiger partial charge in [-0.05, 0) is 31.0 Å². The molecule has 1 aromatic rings. The van der Waals surface area contributed by atoms with Crippen molar-refractivity contribution < 1.29 is 9.00 Å². The van der Waals surface area contributed by atoms with Crippen molar-refractivity contribution in [2.45, 2.75) is 38.4 Å². The third kappa shape index (κ3) is 5.51. The first-order valence-corrected chi connectivity index (χ1v) is 8.42. The number of carbonyl (C=O) groups excluding carboxylic acids is 1. The van der Waals surface area contributed by atoms with Gasteiger partial charge in [0.15, 0.2) is 0 Å².